The maximum Gasteiger partial charge on any atom is 0.269 e. The smallest absolute Gasteiger partial charge is 0.269 e. The number of hydrogen-bond donors (Lipinski definition) is 2. The van der Waals surface area contributed by atoms with Crippen LogP contribution in [0.5, 0.6) is 0 Å². The average molecular weight is 205 g/mol. The van der Waals surface area contributed by atoms with Crippen LogP contribution in [0, 0.1) is 0 Å². The van der Waals surface area contributed by atoms with E-state index < -0.39 is 15.9 Å². The fraction of sp³-hybridized carbons (Fsp3) is 0.167. The maximum atomic E-state index is 10.4. The molecule has 0 saturated carbocycles. The molecule has 1 aromatic rings. The molecule has 0 aliphatic heterocycles. The first-order chi connectivity index (χ1) is 5.49. The van der Waals surface area contributed by atoms with Crippen LogP contribution in [0.3, 0.4) is 0 Å². The first-order valence-corrected chi connectivity index (χ1v) is 5.12. The van der Waals surface area contributed by atoms with Crippen molar-refractivity contribution >= 4 is 22.7 Å². The summed E-state index contributed by atoms with van der Waals surface area (Å²) in [6.07, 6.45) is 2.85. The summed E-state index contributed by atoms with van der Waals surface area (Å²) < 4.78 is 29.4. The van der Waals surface area contributed by atoms with Crippen molar-refractivity contribution < 1.29 is 13.0 Å². The fourth-order valence-corrected chi connectivity index (χ4v) is 1.66. The third-order valence-electron chi connectivity index (χ3n) is 1.22. The second-order valence-electron chi connectivity index (χ2n) is 2.23. The van der Waals surface area contributed by atoms with Gasteiger partial charge in [-0.1, -0.05) is 0 Å². The summed E-state index contributed by atoms with van der Waals surface area (Å²) >= 11 is 3.99. The molecule has 0 aromatic carbocycles. The molecule has 0 fully saturated rings. The molecule has 6 heteroatoms. The lowest BCUT2D eigenvalue weighted by Gasteiger charge is -1.99. The zero-order valence-corrected chi connectivity index (χ0v) is 7.72. The van der Waals surface area contributed by atoms with Gasteiger partial charge in [0.2, 0.25) is 0 Å². The van der Waals surface area contributed by atoms with Crippen LogP contribution >= 0.6 is 12.6 Å². The Labute approximate surface area is 75.8 Å². The summed E-state index contributed by atoms with van der Waals surface area (Å²) in [7, 11) is -3.99. The lowest BCUT2D eigenvalue weighted by Crippen LogP contribution is -2.02. The Morgan fingerprint density at radius 3 is 2.75 bits per heavy atom. The largest absolute Gasteiger partial charge is 0.285 e. The molecule has 0 bridgehead atoms. The highest BCUT2D eigenvalue weighted by Crippen LogP contribution is 2.13. The Kier molecular flexibility index (Phi) is 2.71. The van der Waals surface area contributed by atoms with Gasteiger partial charge in [-0.3, -0.25) is 9.54 Å². The van der Waals surface area contributed by atoms with Crippen molar-refractivity contribution in [2.75, 3.05) is 0 Å². The van der Waals surface area contributed by atoms with Crippen LogP contribution in [0.15, 0.2) is 23.4 Å². The monoisotopic (exact) mass is 205 g/mol. The standard InChI is InChI=1S/C6H7NO3S2/c8-12(9,10)4-5-3-7-2-1-6(5)11/h1-3H,4H2,(H,7,11)(H,8,9,10). The summed E-state index contributed by atoms with van der Waals surface area (Å²) in [5, 5.41) is 0. The van der Waals surface area contributed by atoms with E-state index in [1.54, 1.807) is 6.07 Å². The normalized spacial score (nSPS) is 11.5. The SMILES string of the molecule is O=S(=O)(O)Cc1cnccc1S. The van der Waals surface area contributed by atoms with Crippen molar-refractivity contribution in [3.63, 3.8) is 0 Å². The number of rotatable bonds is 2. The minimum atomic E-state index is -3.99. The minimum Gasteiger partial charge on any atom is -0.285 e. The molecule has 1 aromatic heterocycles. The zero-order valence-electron chi connectivity index (χ0n) is 6.01. The predicted molar refractivity (Wildman–Crippen MR) is 46.7 cm³/mol. The van der Waals surface area contributed by atoms with Gasteiger partial charge in [-0.05, 0) is 6.07 Å². The molecular weight excluding hydrogens is 198 g/mol. The molecule has 12 heavy (non-hydrogen) atoms. The molecule has 1 N–H and O–H groups in total. The van der Waals surface area contributed by atoms with E-state index in [0.717, 1.165) is 0 Å². The van der Waals surface area contributed by atoms with Crippen LogP contribution in [-0.2, 0) is 15.9 Å². The third-order valence-corrected chi connectivity index (χ3v) is 2.33. The molecule has 4 nitrogen and oxygen atoms in total. The third kappa shape index (κ3) is 2.80. The van der Waals surface area contributed by atoms with Gasteiger partial charge in [0.15, 0.2) is 0 Å². The van der Waals surface area contributed by atoms with Gasteiger partial charge in [0, 0.05) is 22.9 Å². The van der Waals surface area contributed by atoms with E-state index in [4.69, 9.17) is 4.55 Å². The molecule has 0 atom stereocenters. The molecule has 1 heterocycles. The Morgan fingerprint density at radius 1 is 1.58 bits per heavy atom. The lowest BCUT2D eigenvalue weighted by atomic mass is 10.3. The summed E-state index contributed by atoms with van der Waals surface area (Å²) in [5.41, 5.74) is 0.392. The highest BCUT2D eigenvalue weighted by atomic mass is 32.2. The first kappa shape index (κ1) is 9.50. The van der Waals surface area contributed by atoms with Gasteiger partial charge in [0.25, 0.3) is 10.1 Å². The van der Waals surface area contributed by atoms with E-state index in [2.05, 4.69) is 17.6 Å². The number of aromatic nitrogens is 1. The Bertz CT molecular complexity index is 374. The lowest BCUT2D eigenvalue weighted by molar-refractivity contribution is 0.481. The zero-order chi connectivity index (χ0) is 9.19. The van der Waals surface area contributed by atoms with Crippen LogP contribution in [0.2, 0.25) is 0 Å². The second-order valence-corrected chi connectivity index (χ2v) is 4.16. The number of hydrogen-bond acceptors (Lipinski definition) is 4. The van der Waals surface area contributed by atoms with E-state index >= 15 is 0 Å². The predicted octanol–water partition coefficient (Wildman–Crippen LogP) is 0.758. The van der Waals surface area contributed by atoms with Crippen molar-refractivity contribution in [2.24, 2.45) is 0 Å². The van der Waals surface area contributed by atoms with Crippen molar-refractivity contribution in [3.8, 4) is 0 Å². The van der Waals surface area contributed by atoms with Crippen molar-refractivity contribution in [1.29, 1.82) is 0 Å². The molecule has 0 aliphatic carbocycles. The van der Waals surface area contributed by atoms with Gasteiger partial charge >= 0.3 is 0 Å². The van der Waals surface area contributed by atoms with Crippen molar-refractivity contribution in [2.45, 2.75) is 10.6 Å². The number of nitrogens with zero attached hydrogens (tertiary/aromatic N) is 1. The second kappa shape index (κ2) is 3.42. The maximum absolute atomic E-state index is 10.4. The summed E-state index contributed by atoms with van der Waals surface area (Å²) in [6, 6.07) is 1.56. The van der Waals surface area contributed by atoms with Gasteiger partial charge in [-0.25, -0.2) is 0 Å². The molecule has 0 spiro atoms. The molecule has 0 aliphatic rings. The molecule has 66 valence electrons. The quantitative estimate of drug-likeness (QED) is 0.552. The van der Waals surface area contributed by atoms with Crippen LogP contribution in [0.25, 0.3) is 0 Å². The van der Waals surface area contributed by atoms with Crippen LogP contribution in [-0.4, -0.2) is 18.0 Å². The molecule has 0 unspecified atom stereocenters. The van der Waals surface area contributed by atoms with Crippen molar-refractivity contribution in [3.05, 3.63) is 24.0 Å². The summed E-state index contributed by atoms with van der Waals surface area (Å²) in [6.45, 7) is 0. The summed E-state index contributed by atoms with van der Waals surface area (Å²) in [4.78, 5) is 4.21. The van der Waals surface area contributed by atoms with E-state index in [1.165, 1.54) is 12.4 Å². The molecule has 0 amide bonds. The van der Waals surface area contributed by atoms with E-state index in [0.29, 0.717) is 10.5 Å². The van der Waals surface area contributed by atoms with Crippen LogP contribution in [0.4, 0.5) is 0 Å². The molecular formula is C6H7NO3S2. The molecule has 0 radical (unpaired) electrons. The highest BCUT2D eigenvalue weighted by Gasteiger charge is 2.08. The summed E-state index contributed by atoms with van der Waals surface area (Å²) in [5.74, 6) is -0.445. The van der Waals surface area contributed by atoms with E-state index in [1.807, 2.05) is 0 Å². The van der Waals surface area contributed by atoms with Crippen LogP contribution < -0.4 is 0 Å². The van der Waals surface area contributed by atoms with Gasteiger partial charge in [0.05, 0.1) is 0 Å². The minimum absolute atomic E-state index is 0.392. The van der Waals surface area contributed by atoms with E-state index in [-0.39, 0.29) is 0 Å². The molecule has 0 saturated heterocycles. The number of pyridine rings is 1. The average Bonchev–Trinajstić information content (AvgIpc) is 1.91. The first-order valence-electron chi connectivity index (χ1n) is 3.06. The van der Waals surface area contributed by atoms with Crippen molar-refractivity contribution in [1.82, 2.24) is 4.98 Å². The topological polar surface area (TPSA) is 67.3 Å². The Morgan fingerprint density at radius 2 is 2.25 bits per heavy atom. The van der Waals surface area contributed by atoms with Gasteiger partial charge in [-0.2, -0.15) is 8.42 Å². The van der Waals surface area contributed by atoms with Gasteiger partial charge < -0.3 is 0 Å². The number of thiol groups is 1. The van der Waals surface area contributed by atoms with Crippen LogP contribution in [0.1, 0.15) is 5.56 Å². The fourth-order valence-electron chi connectivity index (χ4n) is 0.728. The van der Waals surface area contributed by atoms with Gasteiger partial charge in [-0.15, -0.1) is 12.6 Å². The molecule has 1 rings (SSSR count). The highest BCUT2D eigenvalue weighted by molar-refractivity contribution is 7.85. The Hall–Kier alpha value is -0.590. The van der Waals surface area contributed by atoms with E-state index in [9.17, 15) is 8.42 Å². The Balaban J connectivity index is 2.98. The van der Waals surface area contributed by atoms with Gasteiger partial charge in [0.1, 0.15) is 5.75 Å².